The van der Waals surface area contributed by atoms with Crippen molar-refractivity contribution in [3.05, 3.63) is 47.4 Å². The molecule has 2 aliphatic carbocycles. The van der Waals surface area contributed by atoms with Gasteiger partial charge in [-0.15, -0.1) is 0 Å². The number of fused-ring (bicyclic) bond motifs is 1. The molecule has 3 heteroatoms. The maximum Gasteiger partial charge on any atom is 0.0696 e. The summed E-state index contributed by atoms with van der Waals surface area (Å²) in [6, 6.07) is 2.26. The molecule has 0 radical (unpaired) electrons. The first kappa shape index (κ1) is 13.5. The van der Waals surface area contributed by atoms with Gasteiger partial charge in [-0.05, 0) is 50.8 Å². The Bertz CT molecular complexity index is 765. The van der Waals surface area contributed by atoms with Crippen LogP contribution < -0.4 is 0 Å². The van der Waals surface area contributed by atoms with Crippen LogP contribution in [-0.4, -0.2) is 23.0 Å². The molecule has 0 aromatic carbocycles. The molecule has 1 atom stereocenters. The van der Waals surface area contributed by atoms with Crippen LogP contribution in [0.5, 0.6) is 0 Å². The molecule has 2 heterocycles. The minimum absolute atomic E-state index is 0.380. The summed E-state index contributed by atoms with van der Waals surface area (Å²) in [4.78, 5) is 9.50. The van der Waals surface area contributed by atoms with Crippen molar-refractivity contribution in [2.24, 2.45) is 15.9 Å². The van der Waals surface area contributed by atoms with Crippen molar-refractivity contribution in [1.82, 2.24) is 4.57 Å². The molecule has 0 fully saturated rings. The predicted molar refractivity (Wildman–Crippen MR) is 93.3 cm³/mol. The van der Waals surface area contributed by atoms with Crippen molar-refractivity contribution in [1.29, 1.82) is 0 Å². The lowest BCUT2D eigenvalue weighted by atomic mass is 9.95. The summed E-state index contributed by atoms with van der Waals surface area (Å²) in [6.07, 6.45) is 14.3. The number of hydrogen-bond donors (Lipinski definition) is 0. The number of aryl methyl sites for hydroxylation is 1. The third-order valence-corrected chi connectivity index (χ3v) is 4.60. The molecule has 1 aromatic heterocycles. The first-order chi connectivity index (χ1) is 10.7. The molecule has 1 unspecified atom stereocenters. The quantitative estimate of drug-likeness (QED) is 0.733. The number of rotatable bonds is 2. The van der Waals surface area contributed by atoms with Crippen molar-refractivity contribution in [3.63, 3.8) is 0 Å². The van der Waals surface area contributed by atoms with E-state index in [0.29, 0.717) is 5.92 Å². The van der Waals surface area contributed by atoms with Crippen molar-refractivity contribution < 1.29 is 0 Å². The highest BCUT2D eigenvalue weighted by molar-refractivity contribution is 6.12. The Morgan fingerprint density at radius 1 is 1.41 bits per heavy atom. The van der Waals surface area contributed by atoms with E-state index in [2.05, 4.69) is 60.1 Å². The maximum absolute atomic E-state index is 4.86. The molecule has 3 nitrogen and oxygen atoms in total. The summed E-state index contributed by atoms with van der Waals surface area (Å²) in [6.45, 7) is 4.94. The zero-order valence-corrected chi connectivity index (χ0v) is 13.2. The van der Waals surface area contributed by atoms with Crippen LogP contribution in [0.15, 0.2) is 46.2 Å². The van der Waals surface area contributed by atoms with Gasteiger partial charge in [0.05, 0.1) is 17.1 Å². The molecule has 22 heavy (non-hydrogen) atoms. The zero-order chi connectivity index (χ0) is 15.1. The van der Waals surface area contributed by atoms with E-state index in [-0.39, 0.29) is 0 Å². The highest BCUT2D eigenvalue weighted by Crippen LogP contribution is 2.37. The van der Waals surface area contributed by atoms with Crippen molar-refractivity contribution in [3.8, 4) is 0 Å². The fourth-order valence-corrected chi connectivity index (χ4v) is 3.51. The van der Waals surface area contributed by atoms with Crippen LogP contribution in [0.3, 0.4) is 0 Å². The van der Waals surface area contributed by atoms with E-state index in [1.165, 1.54) is 28.2 Å². The van der Waals surface area contributed by atoms with Crippen LogP contribution >= 0.6 is 0 Å². The molecule has 0 amide bonds. The van der Waals surface area contributed by atoms with Crippen molar-refractivity contribution in [2.45, 2.75) is 33.1 Å². The molecule has 3 aliphatic rings. The lowest BCUT2D eigenvalue weighted by Crippen LogP contribution is -2.14. The average molecular weight is 291 g/mol. The van der Waals surface area contributed by atoms with Crippen LogP contribution in [0.2, 0.25) is 0 Å². The van der Waals surface area contributed by atoms with E-state index in [4.69, 9.17) is 4.99 Å². The molecular formula is C19H21N3. The Kier molecular flexibility index (Phi) is 3.21. The van der Waals surface area contributed by atoms with Gasteiger partial charge in [0.1, 0.15) is 0 Å². The minimum Gasteiger partial charge on any atom is -0.314 e. The molecule has 0 N–H and O–H groups in total. The third-order valence-electron chi connectivity index (χ3n) is 4.60. The molecule has 0 saturated carbocycles. The van der Waals surface area contributed by atoms with Crippen LogP contribution in [0.4, 0.5) is 0 Å². The molecule has 0 bridgehead atoms. The molecule has 112 valence electrons. The SMILES string of the molecule is CC(C)=NCC1CC=CC2=C1N=CC1=CCCc3ccn2c31. The number of nitrogens with zero attached hydrogens (tertiary/aromatic N) is 3. The fourth-order valence-electron chi connectivity index (χ4n) is 3.51. The van der Waals surface area contributed by atoms with E-state index in [9.17, 15) is 0 Å². The Morgan fingerprint density at radius 2 is 2.32 bits per heavy atom. The minimum atomic E-state index is 0.380. The van der Waals surface area contributed by atoms with Gasteiger partial charge in [0.15, 0.2) is 0 Å². The van der Waals surface area contributed by atoms with Crippen LogP contribution in [0.1, 0.15) is 37.9 Å². The molecule has 1 aromatic rings. The Labute approximate surface area is 131 Å². The monoisotopic (exact) mass is 291 g/mol. The van der Waals surface area contributed by atoms with E-state index in [1.54, 1.807) is 0 Å². The summed E-state index contributed by atoms with van der Waals surface area (Å²) in [5.41, 5.74) is 7.58. The van der Waals surface area contributed by atoms with Crippen LogP contribution in [0.25, 0.3) is 11.3 Å². The fraction of sp³-hybridized carbons (Fsp3) is 0.368. The van der Waals surface area contributed by atoms with Gasteiger partial charge < -0.3 is 4.57 Å². The first-order valence-electron chi connectivity index (χ1n) is 8.07. The average Bonchev–Trinajstić information content (AvgIpc) is 2.87. The van der Waals surface area contributed by atoms with Crippen molar-refractivity contribution in [2.75, 3.05) is 6.54 Å². The molecule has 4 rings (SSSR count). The lowest BCUT2D eigenvalue weighted by molar-refractivity contribution is 0.622. The standard InChI is InChI=1S/C19H21N3/c1-13(2)20-11-15-6-4-8-17-18(15)21-12-16-7-3-5-14-9-10-22(17)19(14)16/h4,7-10,12,15H,3,5-6,11H2,1-2H3. The Balaban J connectivity index is 1.83. The smallest absolute Gasteiger partial charge is 0.0696 e. The second-order valence-corrected chi connectivity index (χ2v) is 6.41. The van der Waals surface area contributed by atoms with Gasteiger partial charge in [-0.2, -0.15) is 0 Å². The second kappa shape index (κ2) is 5.24. The highest BCUT2D eigenvalue weighted by atomic mass is 15.0. The number of aliphatic imine (C=N–C) groups is 2. The summed E-state index contributed by atoms with van der Waals surface area (Å²) in [5.74, 6) is 0.380. The topological polar surface area (TPSA) is 29.6 Å². The summed E-state index contributed by atoms with van der Waals surface area (Å²) < 4.78 is 2.33. The van der Waals surface area contributed by atoms with E-state index >= 15 is 0 Å². The van der Waals surface area contributed by atoms with E-state index in [1.807, 2.05) is 0 Å². The summed E-state index contributed by atoms with van der Waals surface area (Å²) >= 11 is 0. The lowest BCUT2D eigenvalue weighted by Gasteiger charge is -2.22. The predicted octanol–water partition coefficient (Wildman–Crippen LogP) is 4.13. The first-order valence-corrected chi connectivity index (χ1v) is 8.07. The van der Waals surface area contributed by atoms with Crippen molar-refractivity contribution >= 4 is 23.2 Å². The summed E-state index contributed by atoms with van der Waals surface area (Å²) in [5, 5.41) is 0. The van der Waals surface area contributed by atoms with Gasteiger partial charge in [-0.25, -0.2) is 0 Å². The third kappa shape index (κ3) is 2.12. The second-order valence-electron chi connectivity index (χ2n) is 6.41. The van der Waals surface area contributed by atoms with Gasteiger partial charge in [0.2, 0.25) is 0 Å². The summed E-state index contributed by atoms with van der Waals surface area (Å²) in [7, 11) is 0. The number of hydrogen-bond acceptors (Lipinski definition) is 2. The number of aromatic nitrogens is 1. The highest BCUT2D eigenvalue weighted by Gasteiger charge is 2.26. The van der Waals surface area contributed by atoms with Gasteiger partial charge in [-0.3, -0.25) is 9.98 Å². The van der Waals surface area contributed by atoms with Gasteiger partial charge in [0.25, 0.3) is 0 Å². The Hall–Kier alpha value is -2.16. The molecule has 0 saturated heterocycles. The largest absolute Gasteiger partial charge is 0.314 e. The zero-order valence-electron chi connectivity index (χ0n) is 13.2. The molecule has 0 spiro atoms. The molecular weight excluding hydrogens is 270 g/mol. The van der Waals surface area contributed by atoms with Crippen LogP contribution in [0, 0.1) is 5.92 Å². The maximum atomic E-state index is 4.86. The van der Waals surface area contributed by atoms with E-state index < -0.39 is 0 Å². The Morgan fingerprint density at radius 3 is 3.18 bits per heavy atom. The van der Waals surface area contributed by atoms with Gasteiger partial charge >= 0.3 is 0 Å². The normalized spacial score (nSPS) is 21.9. The number of allylic oxidation sites excluding steroid dienone is 5. The van der Waals surface area contributed by atoms with Gasteiger partial charge in [-0.1, -0.05) is 12.2 Å². The van der Waals surface area contributed by atoms with Crippen LogP contribution in [-0.2, 0) is 6.42 Å². The van der Waals surface area contributed by atoms with Gasteiger partial charge in [0, 0.05) is 36.2 Å². The molecule has 1 aliphatic heterocycles. The van der Waals surface area contributed by atoms with E-state index in [0.717, 1.165) is 31.5 Å².